The summed E-state index contributed by atoms with van der Waals surface area (Å²) >= 11 is 0. The largest absolute Gasteiger partial charge is 0.573 e. The molecule has 0 fully saturated rings. The molecular formula is C18H12N2O4S-2. The molecule has 3 rings (SSSR count). The van der Waals surface area contributed by atoms with Crippen molar-refractivity contribution in [2.24, 2.45) is 0 Å². The molecule has 0 saturated heterocycles. The van der Waals surface area contributed by atoms with Gasteiger partial charge in [-0.1, -0.05) is 48.5 Å². The number of para-hydroxylation sites is 1. The number of carbonyl (C=O) groups is 1. The molecule has 0 aliphatic rings. The van der Waals surface area contributed by atoms with Crippen molar-refractivity contribution in [3.8, 4) is 0 Å². The Morgan fingerprint density at radius 1 is 1.08 bits per heavy atom. The second kappa shape index (κ2) is 6.74. The van der Waals surface area contributed by atoms with Gasteiger partial charge in [0.15, 0.2) is 0 Å². The number of aliphatic carboxylic acids is 1. The summed E-state index contributed by atoms with van der Waals surface area (Å²) in [5.41, 5.74) is 1.03. The van der Waals surface area contributed by atoms with Gasteiger partial charge in [-0.15, -0.1) is 5.69 Å². The molecule has 0 bridgehead atoms. The smallest absolute Gasteiger partial charge is 0.125 e. The maximum Gasteiger partial charge on any atom is 0.125 e. The summed E-state index contributed by atoms with van der Waals surface area (Å²) in [6.45, 7) is 0. The first kappa shape index (κ1) is 16.7. The van der Waals surface area contributed by atoms with Crippen LogP contribution >= 0.6 is 0 Å². The average molecular weight is 352 g/mol. The van der Waals surface area contributed by atoms with Gasteiger partial charge in [0.1, 0.15) is 10.0 Å². The van der Waals surface area contributed by atoms with Crippen LogP contribution in [0.4, 0.5) is 5.69 Å². The molecule has 0 saturated carbocycles. The molecule has 25 heavy (non-hydrogen) atoms. The van der Waals surface area contributed by atoms with Crippen molar-refractivity contribution in [3.05, 3.63) is 77.2 Å². The molecule has 6 nitrogen and oxygen atoms in total. The highest BCUT2D eigenvalue weighted by molar-refractivity contribution is 7.94. The van der Waals surface area contributed by atoms with Crippen LogP contribution in [0.2, 0.25) is 0 Å². The van der Waals surface area contributed by atoms with Crippen molar-refractivity contribution in [1.82, 2.24) is 4.98 Å². The van der Waals surface area contributed by atoms with Crippen LogP contribution in [-0.4, -0.2) is 19.4 Å². The quantitative estimate of drug-likeness (QED) is 0.656. The lowest BCUT2D eigenvalue weighted by Crippen LogP contribution is -2.18. The van der Waals surface area contributed by atoms with Gasteiger partial charge in [0.25, 0.3) is 0 Å². The third-order valence-corrected chi connectivity index (χ3v) is 4.72. The number of aromatic nitrogens is 1. The van der Waals surface area contributed by atoms with Crippen LogP contribution in [0.1, 0.15) is 5.56 Å². The Labute approximate surface area is 144 Å². The lowest BCUT2D eigenvalue weighted by Gasteiger charge is -2.23. The average Bonchev–Trinajstić information content (AvgIpc) is 2.59. The Bertz CT molecular complexity index is 1070. The third-order valence-electron chi connectivity index (χ3n) is 3.38. The summed E-state index contributed by atoms with van der Waals surface area (Å²) in [5, 5.41) is 11.2. The molecule has 3 aromatic rings. The minimum absolute atomic E-state index is 0.0151. The molecule has 0 atom stereocenters. The lowest BCUT2D eigenvalue weighted by molar-refractivity contribution is -0.297. The molecule has 126 valence electrons. The van der Waals surface area contributed by atoms with E-state index in [9.17, 15) is 18.3 Å². The standard InChI is InChI=1S/C18H13N2O4S/c21-17(22)10-9-13-4-1-7-15(12-13)20-25(23,24)16-8-2-5-14-6-3-11-19-18(14)16/h1-12H,(H,21,22)/q-1/p-1. The number of carboxylic acid groups (broad SMARTS) is 1. The zero-order chi connectivity index (χ0) is 17.9. The van der Waals surface area contributed by atoms with E-state index in [-0.39, 0.29) is 10.6 Å². The lowest BCUT2D eigenvalue weighted by atomic mass is 10.2. The van der Waals surface area contributed by atoms with Crippen molar-refractivity contribution >= 4 is 38.7 Å². The SMILES string of the molecule is O=C([O-])C=Cc1cccc([N-]S(=O)(=O)c2cccc3cccnc23)c1. The molecular weight excluding hydrogens is 340 g/mol. The van der Waals surface area contributed by atoms with Gasteiger partial charge >= 0.3 is 0 Å². The van der Waals surface area contributed by atoms with Crippen LogP contribution in [0.25, 0.3) is 21.7 Å². The minimum atomic E-state index is -3.98. The predicted octanol–water partition coefficient (Wildman–Crippen LogP) is 2.39. The van der Waals surface area contributed by atoms with Crippen LogP contribution in [-0.2, 0) is 14.8 Å². The minimum Gasteiger partial charge on any atom is -0.573 e. The molecule has 0 aliphatic heterocycles. The molecule has 0 N–H and O–H groups in total. The summed E-state index contributed by atoms with van der Waals surface area (Å²) in [5.74, 6) is -1.34. The monoisotopic (exact) mass is 352 g/mol. The fourth-order valence-electron chi connectivity index (χ4n) is 2.32. The second-order valence-corrected chi connectivity index (χ2v) is 6.72. The molecule has 0 amide bonds. The van der Waals surface area contributed by atoms with Crippen molar-refractivity contribution in [2.75, 3.05) is 0 Å². The summed E-state index contributed by atoms with van der Waals surface area (Å²) in [6, 6.07) is 14.6. The van der Waals surface area contributed by atoms with Crippen LogP contribution in [0.3, 0.4) is 0 Å². The Balaban J connectivity index is 1.96. The highest BCUT2D eigenvalue weighted by atomic mass is 32.2. The maximum atomic E-state index is 12.7. The number of nitrogens with zero attached hydrogens (tertiary/aromatic N) is 2. The first-order chi connectivity index (χ1) is 12.0. The predicted molar refractivity (Wildman–Crippen MR) is 92.4 cm³/mol. The second-order valence-electron chi connectivity index (χ2n) is 5.14. The summed E-state index contributed by atoms with van der Waals surface area (Å²) < 4.78 is 29.2. The van der Waals surface area contributed by atoms with E-state index in [0.29, 0.717) is 16.5 Å². The van der Waals surface area contributed by atoms with Gasteiger partial charge in [-0.2, -0.15) is 0 Å². The zero-order valence-electron chi connectivity index (χ0n) is 12.9. The first-order valence-electron chi connectivity index (χ1n) is 7.27. The zero-order valence-corrected chi connectivity index (χ0v) is 13.7. The number of sulfonamides is 1. The van der Waals surface area contributed by atoms with E-state index in [0.717, 1.165) is 6.08 Å². The van der Waals surface area contributed by atoms with Gasteiger partial charge in [-0.25, -0.2) is 8.42 Å². The number of rotatable bonds is 5. The van der Waals surface area contributed by atoms with E-state index < -0.39 is 16.0 Å². The molecule has 0 unspecified atom stereocenters. The van der Waals surface area contributed by atoms with Crippen LogP contribution in [0.15, 0.2) is 71.8 Å². The van der Waals surface area contributed by atoms with Crippen LogP contribution in [0.5, 0.6) is 0 Å². The van der Waals surface area contributed by atoms with Crippen molar-refractivity contribution in [3.63, 3.8) is 0 Å². The van der Waals surface area contributed by atoms with Gasteiger partial charge < -0.3 is 14.6 Å². The number of fused-ring (bicyclic) bond motifs is 1. The number of hydrogen-bond acceptors (Lipinski definition) is 5. The van der Waals surface area contributed by atoms with E-state index in [1.54, 1.807) is 36.4 Å². The van der Waals surface area contributed by atoms with Gasteiger partial charge in [0.05, 0.1) is 16.4 Å². The van der Waals surface area contributed by atoms with E-state index >= 15 is 0 Å². The molecule has 2 aromatic carbocycles. The van der Waals surface area contributed by atoms with Gasteiger partial charge in [0.2, 0.25) is 0 Å². The molecule has 1 aromatic heterocycles. The van der Waals surface area contributed by atoms with Crippen molar-refractivity contribution < 1.29 is 18.3 Å². The number of pyridine rings is 1. The molecule has 1 heterocycles. The van der Waals surface area contributed by atoms with Gasteiger partial charge in [-0.05, 0) is 23.8 Å². The van der Waals surface area contributed by atoms with Crippen molar-refractivity contribution in [1.29, 1.82) is 0 Å². The summed E-state index contributed by atoms with van der Waals surface area (Å²) in [7, 11) is -3.98. The molecule has 7 heteroatoms. The molecule has 0 aliphatic carbocycles. The summed E-state index contributed by atoms with van der Waals surface area (Å²) in [6.07, 6.45) is 3.69. The van der Waals surface area contributed by atoms with Crippen molar-refractivity contribution in [2.45, 2.75) is 4.90 Å². The van der Waals surface area contributed by atoms with E-state index in [1.807, 2.05) is 0 Å². The van der Waals surface area contributed by atoms with Crippen LogP contribution in [0, 0.1) is 0 Å². The highest BCUT2D eigenvalue weighted by Crippen LogP contribution is 2.31. The Morgan fingerprint density at radius 3 is 2.64 bits per heavy atom. The molecule has 0 spiro atoms. The first-order valence-corrected chi connectivity index (χ1v) is 8.71. The van der Waals surface area contributed by atoms with Gasteiger partial charge in [0, 0.05) is 11.6 Å². The molecule has 0 radical (unpaired) electrons. The van der Waals surface area contributed by atoms with E-state index in [4.69, 9.17) is 0 Å². The van der Waals surface area contributed by atoms with E-state index in [1.165, 1.54) is 30.5 Å². The van der Waals surface area contributed by atoms with Crippen LogP contribution < -0.4 is 5.11 Å². The number of carbonyl (C=O) groups excluding carboxylic acids is 1. The van der Waals surface area contributed by atoms with E-state index in [2.05, 4.69) is 9.71 Å². The summed E-state index contributed by atoms with van der Waals surface area (Å²) in [4.78, 5) is 14.6. The maximum absolute atomic E-state index is 12.7. The Hall–Kier alpha value is -3.19. The van der Waals surface area contributed by atoms with Gasteiger partial charge in [-0.3, -0.25) is 4.98 Å². The fourth-order valence-corrected chi connectivity index (χ4v) is 3.48. The third kappa shape index (κ3) is 3.84. The number of carboxylic acids is 1. The Kier molecular flexibility index (Phi) is 4.49. The Morgan fingerprint density at radius 2 is 1.84 bits per heavy atom. The fraction of sp³-hybridized carbons (Fsp3) is 0. The normalized spacial score (nSPS) is 11.7. The topological polar surface area (TPSA) is 101 Å². The number of hydrogen-bond donors (Lipinski definition) is 0. The highest BCUT2D eigenvalue weighted by Gasteiger charge is 2.10. The number of benzene rings is 2.